The fraction of sp³-hybridized carbons (Fsp3) is 0.417. The first kappa shape index (κ1) is 15.2. The molecule has 0 bridgehead atoms. The third-order valence-electron chi connectivity index (χ3n) is 1.68. The molecule has 0 radical (unpaired) electrons. The zero-order valence-electron chi connectivity index (χ0n) is 8.91. The Labute approximate surface area is 88.3 Å². The Kier molecular flexibility index (Phi) is 8.99. The van der Waals surface area contributed by atoms with Crippen molar-refractivity contribution in [2.24, 2.45) is 5.10 Å². The van der Waals surface area contributed by atoms with Crippen molar-refractivity contribution < 1.29 is 0 Å². The smallest absolute Gasteiger partial charge is 0.0619 e. The lowest BCUT2D eigenvalue weighted by Gasteiger charge is -2.13. The number of benzene rings is 1. The van der Waals surface area contributed by atoms with Gasteiger partial charge in [0.25, 0.3) is 0 Å². The van der Waals surface area contributed by atoms with Crippen molar-refractivity contribution in [3.8, 4) is 0 Å². The van der Waals surface area contributed by atoms with Gasteiger partial charge < -0.3 is 0 Å². The molecule has 0 unspecified atom stereocenters. The van der Waals surface area contributed by atoms with E-state index in [2.05, 4.69) is 24.8 Å². The molecule has 0 aliphatic carbocycles. The van der Waals surface area contributed by atoms with E-state index in [9.17, 15) is 0 Å². The molecule has 80 valence electrons. The Morgan fingerprint density at radius 1 is 1.21 bits per heavy atom. The molecular weight excluding hydrogens is 172 g/mol. The molecule has 0 fully saturated rings. The average Bonchev–Trinajstić information content (AvgIpc) is 2.20. The predicted octanol–water partition coefficient (Wildman–Crippen LogP) is 3.71. The highest BCUT2D eigenvalue weighted by Gasteiger charge is 1.98. The van der Waals surface area contributed by atoms with Crippen LogP contribution in [0.2, 0.25) is 0 Å². The molecule has 2 nitrogen and oxygen atoms in total. The number of anilines is 1. The van der Waals surface area contributed by atoms with Crippen molar-refractivity contribution >= 4 is 12.4 Å². The summed E-state index contributed by atoms with van der Waals surface area (Å²) in [6.45, 7) is 9.51. The van der Waals surface area contributed by atoms with Gasteiger partial charge in [-0.1, -0.05) is 39.5 Å². The summed E-state index contributed by atoms with van der Waals surface area (Å²) in [7, 11) is 1.88. The van der Waals surface area contributed by atoms with Gasteiger partial charge in [0.05, 0.1) is 5.69 Å². The number of hydrazone groups is 1. The maximum absolute atomic E-state index is 3.80. The summed E-state index contributed by atoms with van der Waals surface area (Å²) in [5, 5.41) is 5.56. The summed E-state index contributed by atoms with van der Waals surface area (Å²) in [6.07, 6.45) is 0. The molecule has 0 spiro atoms. The standard InChI is InChI=1S/C9H12N2.C2H6.CH4/c1-8-6-4-5-7-9(8)11(3)10-2;1-2;/h4-7H,2H2,1,3H3;1-2H3;1H4. The number of para-hydroxylation sites is 1. The minimum atomic E-state index is 0. The molecule has 14 heavy (non-hydrogen) atoms. The Morgan fingerprint density at radius 3 is 2.14 bits per heavy atom. The zero-order chi connectivity index (χ0) is 10.3. The predicted molar refractivity (Wildman–Crippen MR) is 67.2 cm³/mol. The third kappa shape index (κ3) is 4.08. The number of aryl methyl sites for hydroxylation is 1. The van der Waals surface area contributed by atoms with Crippen LogP contribution in [0.25, 0.3) is 0 Å². The quantitative estimate of drug-likeness (QED) is 0.517. The van der Waals surface area contributed by atoms with Crippen LogP contribution in [0.4, 0.5) is 5.69 Å². The molecular formula is C12H22N2. The first-order valence-electron chi connectivity index (χ1n) is 4.51. The van der Waals surface area contributed by atoms with Crippen LogP contribution in [-0.4, -0.2) is 13.8 Å². The van der Waals surface area contributed by atoms with E-state index in [4.69, 9.17) is 0 Å². The topological polar surface area (TPSA) is 15.6 Å². The van der Waals surface area contributed by atoms with E-state index in [-0.39, 0.29) is 7.43 Å². The average molecular weight is 194 g/mol. The van der Waals surface area contributed by atoms with Crippen molar-refractivity contribution in [3.05, 3.63) is 29.8 Å². The van der Waals surface area contributed by atoms with Crippen LogP contribution in [-0.2, 0) is 0 Å². The number of nitrogens with zero attached hydrogens (tertiary/aromatic N) is 2. The van der Waals surface area contributed by atoms with Crippen LogP contribution in [0.3, 0.4) is 0 Å². The largest absolute Gasteiger partial charge is 0.269 e. The summed E-state index contributed by atoms with van der Waals surface area (Å²) in [5.41, 5.74) is 2.31. The van der Waals surface area contributed by atoms with Gasteiger partial charge in [0.15, 0.2) is 0 Å². The lowest BCUT2D eigenvalue weighted by atomic mass is 10.2. The molecule has 0 aliphatic rings. The monoisotopic (exact) mass is 194 g/mol. The number of rotatable bonds is 2. The van der Waals surface area contributed by atoms with Gasteiger partial charge >= 0.3 is 0 Å². The van der Waals surface area contributed by atoms with Crippen LogP contribution in [0, 0.1) is 6.92 Å². The van der Waals surface area contributed by atoms with E-state index in [0.717, 1.165) is 5.69 Å². The van der Waals surface area contributed by atoms with Crippen molar-refractivity contribution in [2.75, 3.05) is 12.1 Å². The van der Waals surface area contributed by atoms with Crippen LogP contribution in [0.15, 0.2) is 29.4 Å². The van der Waals surface area contributed by atoms with Crippen LogP contribution in [0.1, 0.15) is 26.8 Å². The van der Waals surface area contributed by atoms with E-state index in [1.54, 1.807) is 5.01 Å². The highest BCUT2D eigenvalue weighted by molar-refractivity contribution is 5.52. The highest BCUT2D eigenvalue weighted by Crippen LogP contribution is 2.16. The number of hydrogen-bond donors (Lipinski definition) is 0. The van der Waals surface area contributed by atoms with Gasteiger partial charge in [-0.15, -0.1) is 0 Å². The van der Waals surface area contributed by atoms with Gasteiger partial charge in [-0.25, -0.2) is 0 Å². The molecule has 0 saturated carbocycles. The highest BCUT2D eigenvalue weighted by atomic mass is 15.4. The summed E-state index contributed by atoms with van der Waals surface area (Å²) in [4.78, 5) is 0. The molecule has 0 heterocycles. The van der Waals surface area contributed by atoms with Crippen molar-refractivity contribution in [1.82, 2.24) is 0 Å². The normalized spacial score (nSPS) is 7.71. The van der Waals surface area contributed by atoms with Gasteiger partial charge in [-0.3, -0.25) is 5.01 Å². The van der Waals surface area contributed by atoms with E-state index in [1.807, 2.05) is 39.1 Å². The minimum absolute atomic E-state index is 0. The Balaban J connectivity index is 0. The first-order valence-corrected chi connectivity index (χ1v) is 4.51. The summed E-state index contributed by atoms with van der Waals surface area (Å²) < 4.78 is 0. The van der Waals surface area contributed by atoms with E-state index >= 15 is 0 Å². The van der Waals surface area contributed by atoms with Gasteiger partial charge in [-0.2, -0.15) is 5.10 Å². The molecule has 0 atom stereocenters. The Hall–Kier alpha value is -1.31. The number of hydrogen-bond acceptors (Lipinski definition) is 2. The molecule has 0 aliphatic heterocycles. The van der Waals surface area contributed by atoms with E-state index in [1.165, 1.54) is 5.56 Å². The van der Waals surface area contributed by atoms with E-state index in [0.29, 0.717) is 0 Å². The lowest BCUT2D eigenvalue weighted by Crippen LogP contribution is -2.08. The van der Waals surface area contributed by atoms with Crippen LogP contribution >= 0.6 is 0 Å². The first-order chi connectivity index (χ1) is 6.25. The van der Waals surface area contributed by atoms with Gasteiger partial charge in [0.1, 0.15) is 0 Å². The van der Waals surface area contributed by atoms with Crippen molar-refractivity contribution in [2.45, 2.75) is 28.2 Å². The van der Waals surface area contributed by atoms with Crippen LogP contribution < -0.4 is 5.01 Å². The summed E-state index contributed by atoms with van der Waals surface area (Å²) in [5.74, 6) is 0. The van der Waals surface area contributed by atoms with E-state index < -0.39 is 0 Å². The molecule has 1 rings (SSSR count). The molecule has 2 heteroatoms. The van der Waals surface area contributed by atoms with Gasteiger partial charge in [0.2, 0.25) is 0 Å². The zero-order valence-corrected chi connectivity index (χ0v) is 8.91. The maximum Gasteiger partial charge on any atom is 0.0619 e. The molecule has 0 amide bonds. The SMILES string of the molecule is C.C=NN(C)c1ccccc1C.CC. The molecule has 0 aromatic heterocycles. The Morgan fingerprint density at radius 2 is 1.71 bits per heavy atom. The second-order valence-electron chi connectivity index (χ2n) is 2.45. The summed E-state index contributed by atoms with van der Waals surface area (Å²) in [6, 6.07) is 8.07. The second kappa shape index (κ2) is 8.30. The molecule has 1 aromatic carbocycles. The van der Waals surface area contributed by atoms with Gasteiger partial charge in [-0.05, 0) is 18.6 Å². The lowest BCUT2D eigenvalue weighted by molar-refractivity contribution is 1.02. The molecule has 1 aromatic rings. The van der Waals surface area contributed by atoms with Gasteiger partial charge in [0, 0.05) is 13.8 Å². The fourth-order valence-corrected chi connectivity index (χ4v) is 1.00. The van der Waals surface area contributed by atoms with Crippen molar-refractivity contribution in [3.63, 3.8) is 0 Å². The van der Waals surface area contributed by atoms with Crippen molar-refractivity contribution in [1.29, 1.82) is 0 Å². The Bertz CT molecular complexity index is 256. The molecule has 0 N–H and O–H groups in total. The third-order valence-corrected chi connectivity index (χ3v) is 1.68. The van der Waals surface area contributed by atoms with Crippen LogP contribution in [0.5, 0.6) is 0 Å². The second-order valence-corrected chi connectivity index (χ2v) is 2.45. The molecule has 0 saturated heterocycles. The summed E-state index contributed by atoms with van der Waals surface area (Å²) >= 11 is 0. The fourth-order valence-electron chi connectivity index (χ4n) is 1.00. The minimum Gasteiger partial charge on any atom is -0.269 e. The maximum atomic E-state index is 3.80.